The average Bonchev–Trinajstić information content (AvgIpc) is 3.71. The van der Waals surface area contributed by atoms with Gasteiger partial charge < -0.3 is 19.5 Å². The van der Waals surface area contributed by atoms with Crippen molar-refractivity contribution in [3.05, 3.63) is 66.0 Å². The van der Waals surface area contributed by atoms with Crippen molar-refractivity contribution < 1.29 is 32.2 Å². The predicted molar refractivity (Wildman–Crippen MR) is 149 cm³/mol. The van der Waals surface area contributed by atoms with Crippen LogP contribution < -0.4 is 5.32 Å². The number of nitrogens with zero attached hydrogens (tertiary/aromatic N) is 3. The molecule has 1 saturated carbocycles. The number of sulfone groups is 1. The molecule has 41 heavy (non-hydrogen) atoms. The van der Waals surface area contributed by atoms with E-state index in [1.165, 1.54) is 23.0 Å². The molecule has 2 aromatic heterocycles. The van der Waals surface area contributed by atoms with E-state index >= 15 is 0 Å². The number of amides is 1. The van der Waals surface area contributed by atoms with Gasteiger partial charge in [-0.25, -0.2) is 22.9 Å². The summed E-state index contributed by atoms with van der Waals surface area (Å²) >= 11 is 0. The number of carbonyl (C=O) groups excluding carboxylic acids is 2. The van der Waals surface area contributed by atoms with Crippen LogP contribution in [0.3, 0.4) is 0 Å². The normalized spacial score (nSPS) is 17.1. The van der Waals surface area contributed by atoms with Gasteiger partial charge in [-0.1, -0.05) is 12.1 Å². The number of esters is 1. The fourth-order valence-corrected chi connectivity index (χ4v) is 6.05. The maximum absolute atomic E-state index is 13.5. The molecule has 1 aromatic carbocycles. The lowest BCUT2D eigenvalue weighted by Gasteiger charge is -2.27. The smallest absolute Gasteiger partial charge is 0.340 e. The Morgan fingerprint density at radius 3 is 2.34 bits per heavy atom. The van der Waals surface area contributed by atoms with E-state index in [-0.39, 0.29) is 22.1 Å². The van der Waals surface area contributed by atoms with Crippen LogP contribution in [0.1, 0.15) is 68.5 Å². The second kappa shape index (κ2) is 11.7. The highest BCUT2D eigenvalue weighted by Gasteiger charge is 2.37. The number of anilines is 1. The summed E-state index contributed by atoms with van der Waals surface area (Å²) in [5, 5.41) is 6.89. The molecule has 1 aliphatic carbocycles. The van der Waals surface area contributed by atoms with E-state index in [4.69, 9.17) is 14.2 Å². The number of hydrogen-bond donors (Lipinski definition) is 1. The second-order valence-electron chi connectivity index (χ2n) is 11.2. The minimum atomic E-state index is -3.35. The Hall–Kier alpha value is -3.61. The number of ether oxygens (including phenoxy) is 3. The van der Waals surface area contributed by atoms with Gasteiger partial charge in [0.1, 0.15) is 5.60 Å². The monoisotopic (exact) mass is 582 g/mol. The van der Waals surface area contributed by atoms with Crippen LogP contribution in [0.5, 0.6) is 0 Å². The van der Waals surface area contributed by atoms with Crippen molar-refractivity contribution in [1.82, 2.24) is 14.8 Å². The van der Waals surface area contributed by atoms with E-state index in [1.54, 1.807) is 57.3 Å². The molecule has 1 atom stereocenters. The van der Waals surface area contributed by atoms with Gasteiger partial charge in [-0.2, -0.15) is 0 Å². The quantitative estimate of drug-likeness (QED) is 0.371. The highest BCUT2D eigenvalue weighted by atomic mass is 32.2. The van der Waals surface area contributed by atoms with E-state index in [1.807, 2.05) is 0 Å². The van der Waals surface area contributed by atoms with Crippen LogP contribution in [0, 0.1) is 0 Å². The summed E-state index contributed by atoms with van der Waals surface area (Å²) in [7, 11) is -3.35. The molecule has 2 fully saturated rings. The molecule has 5 rings (SSSR count). The molecule has 1 amide bonds. The van der Waals surface area contributed by atoms with Crippen molar-refractivity contribution in [2.75, 3.05) is 18.5 Å². The number of aromatic nitrogens is 3. The van der Waals surface area contributed by atoms with E-state index < -0.39 is 33.4 Å². The van der Waals surface area contributed by atoms with Crippen molar-refractivity contribution >= 4 is 27.5 Å². The summed E-state index contributed by atoms with van der Waals surface area (Å²) in [6.07, 6.45) is 4.54. The van der Waals surface area contributed by atoms with Crippen LogP contribution in [0.4, 0.5) is 5.82 Å². The Labute approximate surface area is 239 Å². The van der Waals surface area contributed by atoms with Crippen LogP contribution in [-0.4, -0.2) is 65.2 Å². The van der Waals surface area contributed by atoms with Gasteiger partial charge in [-0.15, -0.1) is 5.10 Å². The Balaban J connectivity index is 1.30. The molecule has 218 valence electrons. The van der Waals surface area contributed by atoms with Crippen molar-refractivity contribution in [3.8, 4) is 5.82 Å². The first kappa shape index (κ1) is 28.9. The minimum Gasteiger partial charge on any atom is -0.456 e. The number of benzene rings is 1. The lowest BCUT2D eigenvalue weighted by molar-refractivity contribution is -0.136. The Morgan fingerprint density at radius 2 is 1.73 bits per heavy atom. The van der Waals surface area contributed by atoms with Gasteiger partial charge in [-0.3, -0.25) is 4.79 Å². The zero-order valence-corrected chi connectivity index (χ0v) is 24.1. The van der Waals surface area contributed by atoms with Crippen LogP contribution >= 0.6 is 0 Å². The average molecular weight is 583 g/mol. The summed E-state index contributed by atoms with van der Waals surface area (Å²) in [5.74, 6) is -0.187. The SMILES string of the molecule is CC(C)(C)OC(=O)c1ccc(-n2ccc(NC(=O)C(OC3CCOCC3)c3ccc(S(=O)(=O)C4CC4)cc3)n2)nc1. The van der Waals surface area contributed by atoms with Crippen LogP contribution in [-0.2, 0) is 28.8 Å². The molecule has 0 spiro atoms. The maximum atomic E-state index is 13.5. The van der Waals surface area contributed by atoms with Crippen molar-refractivity contribution in [2.45, 2.75) is 74.4 Å². The molecule has 0 radical (unpaired) electrons. The molecule has 1 saturated heterocycles. The molecule has 2 aliphatic rings. The minimum absolute atomic E-state index is 0.181. The Kier molecular flexibility index (Phi) is 8.25. The third-order valence-electron chi connectivity index (χ3n) is 6.67. The third kappa shape index (κ3) is 7.19. The lowest BCUT2D eigenvalue weighted by Crippen LogP contribution is -2.31. The van der Waals surface area contributed by atoms with Gasteiger partial charge in [0.05, 0.1) is 21.8 Å². The molecular formula is C29H34N4O7S. The molecule has 1 aliphatic heterocycles. The van der Waals surface area contributed by atoms with Gasteiger partial charge in [0.15, 0.2) is 27.6 Å². The summed E-state index contributed by atoms with van der Waals surface area (Å²) in [6, 6.07) is 11.2. The van der Waals surface area contributed by atoms with Crippen LogP contribution in [0.25, 0.3) is 5.82 Å². The van der Waals surface area contributed by atoms with Gasteiger partial charge in [0.25, 0.3) is 5.91 Å². The molecule has 3 heterocycles. The van der Waals surface area contributed by atoms with Gasteiger partial charge in [-0.05, 0) is 76.3 Å². The highest BCUT2D eigenvalue weighted by molar-refractivity contribution is 7.92. The largest absolute Gasteiger partial charge is 0.456 e. The van der Waals surface area contributed by atoms with Crippen LogP contribution in [0.2, 0.25) is 0 Å². The van der Waals surface area contributed by atoms with E-state index in [9.17, 15) is 18.0 Å². The first-order valence-electron chi connectivity index (χ1n) is 13.6. The van der Waals surface area contributed by atoms with Crippen molar-refractivity contribution in [1.29, 1.82) is 0 Å². The van der Waals surface area contributed by atoms with E-state index in [2.05, 4.69) is 15.4 Å². The molecular weight excluding hydrogens is 548 g/mol. The summed E-state index contributed by atoms with van der Waals surface area (Å²) in [5.41, 5.74) is 0.240. The number of pyridine rings is 1. The first-order chi connectivity index (χ1) is 19.5. The Bertz CT molecular complexity index is 1490. The van der Waals surface area contributed by atoms with E-state index in [0.29, 0.717) is 55.8 Å². The number of nitrogens with one attached hydrogen (secondary N) is 1. The lowest BCUT2D eigenvalue weighted by atomic mass is 10.1. The van der Waals surface area contributed by atoms with Gasteiger partial charge in [0.2, 0.25) is 0 Å². The zero-order valence-electron chi connectivity index (χ0n) is 23.3. The van der Waals surface area contributed by atoms with Crippen molar-refractivity contribution in [3.63, 3.8) is 0 Å². The van der Waals surface area contributed by atoms with Gasteiger partial charge in [0, 0.05) is 31.7 Å². The standard InChI is InChI=1S/C29H34N4O7S/c1-29(2,3)40-28(35)20-6-11-25(30-18-20)33-15-12-24(32-33)31-27(34)26(39-21-13-16-38-17-14-21)19-4-7-22(8-5-19)41(36,37)23-9-10-23/h4-8,11-12,15,18,21,23,26H,9-10,13-14,16-17H2,1-3H3,(H,31,32,34). The topological polar surface area (TPSA) is 139 Å². The fraction of sp³-hybridized carbons (Fsp3) is 0.448. The molecule has 1 N–H and O–H groups in total. The summed E-state index contributed by atoms with van der Waals surface area (Å²) < 4.78 is 43.7. The number of hydrogen-bond acceptors (Lipinski definition) is 9. The first-order valence-corrected chi connectivity index (χ1v) is 15.2. The van der Waals surface area contributed by atoms with E-state index in [0.717, 1.165) is 0 Å². The zero-order chi connectivity index (χ0) is 29.2. The molecule has 12 heteroatoms. The Morgan fingerprint density at radius 1 is 1.02 bits per heavy atom. The number of rotatable bonds is 9. The van der Waals surface area contributed by atoms with Gasteiger partial charge >= 0.3 is 5.97 Å². The summed E-state index contributed by atoms with van der Waals surface area (Å²) in [6.45, 7) is 6.46. The number of carbonyl (C=O) groups is 2. The van der Waals surface area contributed by atoms with Crippen LogP contribution in [0.15, 0.2) is 59.8 Å². The molecule has 1 unspecified atom stereocenters. The maximum Gasteiger partial charge on any atom is 0.340 e. The third-order valence-corrected chi connectivity index (χ3v) is 8.95. The van der Waals surface area contributed by atoms with Crippen molar-refractivity contribution in [2.24, 2.45) is 0 Å². The fourth-order valence-electron chi connectivity index (χ4n) is 4.39. The molecule has 11 nitrogen and oxygen atoms in total. The molecule has 3 aromatic rings. The summed E-state index contributed by atoms with van der Waals surface area (Å²) in [4.78, 5) is 30.3. The highest BCUT2D eigenvalue weighted by Crippen LogP contribution is 2.34. The molecule has 0 bridgehead atoms. The second-order valence-corrected chi connectivity index (χ2v) is 13.4. The predicted octanol–water partition coefficient (Wildman–Crippen LogP) is 4.03.